The zero-order valence-electron chi connectivity index (χ0n) is 20.4. The topological polar surface area (TPSA) is 124 Å². The Bertz CT molecular complexity index is 610. The first-order valence-electron chi connectivity index (χ1n) is 12.7. The Kier molecular flexibility index (Phi) is 10.8. The van der Waals surface area contributed by atoms with Crippen LogP contribution in [0.4, 0.5) is 4.39 Å². The number of aliphatic hydroxyl groups is 1. The average molecular weight is 472 g/mol. The van der Waals surface area contributed by atoms with Crippen LogP contribution >= 0.6 is 0 Å². The molecule has 0 saturated carbocycles. The highest BCUT2D eigenvalue weighted by Crippen LogP contribution is 2.21. The lowest BCUT2D eigenvalue weighted by atomic mass is 9.96. The van der Waals surface area contributed by atoms with Crippen LogP contribution in [0.1, 0.15) is 39.5 Å². The van der Waals surface area contributed by atoms with Crippen LogP contribution in [-0.4, -0.2) is 111 Å². The van der Waals surface area contributed by atoms with E-state index in [1.807, 2.05) is 0 Å². The largest absolute Gasteiger partial charge is 0.385 e. The predicted octanol–water partition coefficient (Wildman–Crippen LogP) is -0.723. The van der Waals surface area contributed by atoms with Gasteiger partial charge in [0.05, 0.1) is 6.17 Å². The highest BCUT2D eigenvalue weighted by atomic mass is 19.1. The molecule has 3 aliphatic rings. The van der Waals surface area contributed by atoms with Crippen LogP contribution < -0.4 is 27.4 Å². The molecule has 0 aromatic rings. The lowest BCUT2D eigenvalue weighted by Gasteiger charge is -2.47. The third-order valence-electron chi connectivity index (χ3n) is 7.46. The van der Waals surface area contributed by atoms with Gasteiger partial charge in [-0.1, -0.05) is 6.92 Å². The van der Waals surface area contributed by atoms with Gasteiger partial charge in [0.2, 0.25) is 0 Å². The van der Waals surface area contributed by atoms with E-state index in [-0.39, 0.29) is 12.6 Å². The lowest BCUT2D eigenvalue weighted by Crippen LogP contribution is -2.64. The van der Waals surface area contributed by atoms with Gasteiger partial charge in [0, 0.05) is 81.9 Å². The standard InChI is InChI=1S/C23H46FN7O2/c1-3-17(24)14-28-16(2)21(22(25)26)23(32)29-19-15-27-7-4-20(19)31-10-8-30(9-11-31)18-5-12-33-13-6-18/h17-20,22-23,27-29,32H,3-15,25-26H2,1-2H3/b21-16-. The van der Waals surface area contributed by atoms with E-state index in [4.69, 9.17) is 16.2 Å². The van der Waals surface area contributed by atoms with E-state index >= 15 is 0 Å². The molecule has 9 nitrogen and oxygen atoms in total. The number of aliphatic hydroxyl groups excluding tert-OH is 1. The Balaban J connectivity index is 1.58. The zero-order chi connectivity index (χ0) is 23.8. The van der Waals surface area contributed by atoms with Crippen molar-refractivity contribution in [3.8, 4) is 0 Å². The van der Waals surface area contributed by atoms with Crippen molar-refractivity contribution in [1.82, 2.24) is 25.8 Å². The van der Waals surface area contributed by atoms with E-state index in [0.717, 1.165) is 71.7 Å². The summed E-state index contributed by atoms with van der Waals surface area (Å²) in [5.74, 6) is 0. The van der Waals surface area contributed by atoms with Crippen LogP contribution in [0, 0.1) is 0 Å². The number of nitrogens with zero attached hydrogens (tertiary/aromatic N) is 2. The van der Waals surface area contributed by atoms with E-state index in [2.05, 4.69) is 25.8 Å². The molecule has 0 aliphatic carbocycles. The molecule has 8 N–H and O–H groups in total. The molecule has 33 heavy (non-hydrogen) atoms. The molecule has 3 fully saturated rings. The fourth-order valence-corrected chi connectivity index (χ4v) is 5.38. The maximum atomic E-state index is 13.7. The van der Waals surface area contributed by atoms with Gasteiger partial charge in [-0.05, 0) is 39.2 Å². The van der Waals surface area contributed by atoms with Crippen molar-refractivity contribution in [2.45, 2.75) is 76.2 Å². The molecule has 3 rings (SSSR count). The molecule has 0 bridgehead atoms. The number of allylic oxidation sites excluding steroid dienone is 1. The first kappa shape index (κ1) is 26.7. The van der Waals surface area contributed by atoms with E-state index in [1.165, 1.54) is 0 Å². The van der Waals surface area contributed by atoms with Gasteiger partial charge in [-0.3, -0.25) is 15.1 Å². The normalized spacial score (nSPS) is 29.1. The monoisotopic (exact) mass is 471 g/mol. The highest BCUT2D eigenvalue weighted by Gasteiger charge is 2.35. The number of hydrogen-bond acceptors (Lipinski definition) is 9. The zero-order valence-corrected chi connectivity index (χ0v) is 20.4. The van der Waals surface area contributed by atoms with Crippen LogP contribution in [0.15, 0.2) is 11.3 Å². The molecule has 3 aliphatic heterocycles. The quantitative estimate of drug-likeness (QED) is 0.229. The van der Waals surface area contributed by atoms with Gasteiger partial charge >= 0.3 is 0 Å². The summed E-state index contributed by atoms with van der Waals surface area (Å²) in [7, 11) is 0. The Morgan fingerprint density at radius 3 is 2.45 bits per heavy atom. The maximum absolute atomic E-state index is 13.7. The second-order valence-electron chi connectivity index (χ2n) is 9.64. The maximum Gasteiger partial charge on any atom is 0.132 e. The van der Waals surface area contributed by atoms with Crippen molar-refractivity contribution in [3.63, 3.8) is 0 Å². The fraction of sp³-hybridized carbons (Fsp3) is 0.913. The van der Waals surface area contributed by atoms with Gasteiger partial charge in [-0.25, -0.2) is 4.39 Å². The predicted molar refractivity (Wildman–Crippen MR) is 129 cm³/mol. The van der Waals surface area contributed by atoms with Crippen molar-refractivity contribution in [1.29, 1.82) is 0 Å². The van der Waals surface area contributed by atoms with Gasteiger partial charge in [0.15, 0.2) is 0 Å². The second-order valence-corrected chi connectivity index (χ2v) is 9.64. The van der Waals surface area contributed by atoms with E-state index in [0.29, 0.717) is 29.8 Å². The van der Waals surface area contributed by atoms with Crippen LogP contribution in [0.25, 0.3) is 0 Å². The fourth-order valence-electron chi connectivity index (χ4n) is 5.38. The van der Waals surface area contributed by atoms with Crippen LogP contribution in [0.2, 0.25) is 0 Å². The van der Waals surface area contributed by atoms with Gasteiger partial charge < -0.3 is 31.9 Å². The number of nitrogens with one attached hydrogen (secondary N) is 3. The van der Waals surface area contributed by atoms with E-state index in [1.54, 1.807) is 13.8 Å². The molecular formula is C23H46FN7O2. The second kappa shape index (κ2) is 13.3. The molecule has 3 heterocycles. The minimum atomic E-state index is -0.992. The SMILES string of the molecule is CCC(F)CN/C(C)=C(/C(N)N)C(O)NC1CNCCC1N1CCN(C2CCOCC2)CC1. The third-order valence-corrected chi connectivity index (χ3v) is 7.46. The Morgan fingerprint density at radius 1 is 1.15 bits per heavy atom. The number of ether oxygens (including phenoxy) is 1. The molecule has 4 unspecified atom stereocenters. The van der Waals surface area contributed by atoms with Crippen LogP contribution in [0.3, 0.4) is 0 Å². The average Bonchev–Trinajstić information content (AvgIpc) is 2.83. The Labute approximate surface area is 198 Å². The summed E-state index contributed by atoms with van der Waals surface area (Å²) < 4.78 is 19.2. The minimum absolute atomic E-state index is 0.0643. The number of halogens is 1. The van der Waals surface area contributed by atoms with Crippen molar-refractivity contribution in [3.05, 3.63) is 11.3 Å². The molecular weight excluding hydrogens is 425 g/mol. The number of hydrogen-bond donors (Lipinski definition) is 6. The smallest absolute Gasteiger partial charge is 0.132 e. The Morgan fingerprint density at radius 2 is 1.82 bits per heavy atom. The third kappa shape index (κ3) is 7.57. The first-order chi connectivity index (χ1) is 15.9. The molecule has 0 spiro atoms. The number of rotatable bonds is 10. The summed E-state index contributed by atoms with van der Waals surface area (Å²) in [4.78, 5) is 5.18. The summed E-state index contributed by atoms with van der Waals surface area (Å²) in [6.07, 6.45) is 0.937. The molecule has 10 heteroatoms. The lowest BCUT2D eigenvalue weighted by molar-refractivity contribution is -0.00346. The number of nitrogens with two attached hydrogens (primary N) is 2. The number of piperazine rings is 1. The number of piperidine rings is 1. The molecule has 4 atom stereocenters. The van der Waals surface area contributed by atoms with Crippen molar-refractivity contribution >= 4 is 0 Å². The molecule has 0 aromatic heterocycles. The molecule has 192 valence electrons. The van der Waals surface area contributed by atoms with Gasteiger partial charge in [-0.2, -0.15) is 0 Å². The summed E-state index contributed by atoms with van der Waals surface area (Å²) in [5.41, 5.74) is 13.1. The van der Waals surface area contributed by atoms with Crippen molar-refractivity contribution in [2.24, 2.45) is 11.5 Å². The molecule has 0 aromatic carbocycles. The van der Waals surface area contributed by atoms with Crippen LogP contribution in [0.5, 0.6) is 0 Å². The van der Waals surface area contributed by atoms with Gasteiger partial charge in [-0.15, -0.1) is 0 Å². The summed E-state index contributed by atoms with van der Waals surface area (Å²) in [6.45, 7) is 11.5. The number of alkyl halides is 1. The molecule has 3 saturated heterocycles. The highest BCUT2D eigenvalue weighted by molar-refractivity contribution is 5.20. The molecule has 0 radical (unpaired) electrons. The summed E-state index contributed by atoms with van der Waals surface area (Å²) in [6, 6.07) is 1.04. The van der Waals surface area contributed by atoms with Crippen molar-refractivity contribution in [2.75, 3.05) is 59.0 Å². The Hall–Kier alpha value is -0.850. The summed E-state index contributed by atoms with van der Waals surface area (Å²) in [5, 5.41) is 20.9. The summed E-state index contributed by atoms with van der Waals surface area (Å²) >= 11 is 0. The molecule has 0 amide bonds. The minimum Gasteiger partial charge on any atom is -0.385 e. The first-order valence-corrected chi connectivity index (χ1v) is 12.7. The van der Waals surface area contributed by atoms with Crippen LogP contribution in [-0.2, 0) is 4.74 Å². The van der Waals surface area contributed by atoms with E-state index < -0.39 is 18.6 Å². The van der Waals surface area contributed by atoms with E-state index in [9.17, 15) is 9.50 Å². The van der Waals surface area contributed by atoms with Gasteiger partial charge in [0.25, 0.3) is 0 Å². The van der Waals surface area contributed by atoms with Crippen molar-refractivity contribution < 1.29 is 14.2 Å². The van der Waals surface area contributed by atoms with Gasteiger partial charge in [0.1, 0.15) is 12.4 Å².